The standard InChI is InChI=1S/C16H21N3O5S/c1-3-25(22,23)19-8-6-18(7-9-19)15(20)11-12-4-5-14-13(10-12)17(2)16(21)24-14/h4-5,10H,3,6-9,11H2,1-2H3. The molecule has 0 atom stereocenters. The molecule has 3 rings (SSSR count). The number of hydrogen-bond acceptors (Lipinski definition) is 5. The number of fused-ring (bicyclic) bond motifs is 1. The molecule has 2 aromatic rings. The van der Waals surface area contributed by atoms with Crippen LogP contribution in [-0.2, 0) is 28.3 Å². The van der Waals surface area contributed by atoms with Crippen molar-refractivity contribution in [3.05, 3.63) is 34.3 Å². The van der Waals surface area contributed by atoms with Gasteiger partial charge in [0.15, 0.2) is 5.58 Å². The first-order chi connectivity index (χ1) is 11.8. The van der Waals surface area contributed by atoms with Crippen LogP contribution < -0.4 is 5.76 Å². The first-order valence-corrected chi connectivity index (χ1v) is 9.77. The summed E-state index contributed by atoms with van der Waals surface area (Å²) >= 11 is 0. The van der Waals surface area contributed by atoms with E-state index < -0.39 is 15.8 Å². The maximum absolute atomic E-state index is 12.5. The van der Waals surface area contributed by atoms with Crippen LogP contribution in [0.3, 0.4) is 0 Å². The fraction of sp³-hybridized carbons (Fsp3) is 0.500. The first kappa shape index (κ1) is 17.7. The summed E-state index contributed by atoms with van der Waals surface area (Å²) in [5, 5.41) is 0. The molecule has 1 aromatic carbocycles. The fourth-order valence-electron chi connectivity index (χ4n) is 2.97. The fourth-order valence-corrected chi connectivity index (χ4v) is 4.05. The van der Waals surface area contributed by atoms with Gasteiger partial charge >= 0.3 is 5.76 Å². The van der Waals surface area contributed by atoms with E-state index in [9.17, 15) is 18.0 Å². The number of aryl methyl sites for hydroxylation is 1. The number of benzene rings is 1. The Balaban J connectivity index is 1.67. The van der Waals surface area contributed by atoms with Crippen molar-refractivity contribution in [2.24, 2.45) is 7.05 Å². The van der Waals surface area contributed by atoms with E-state index in [0.717, 1.165) is 5.56 Å². The molecule has 136 valence electrons. The van der Waals surface area contributed by atoms with Gasteiger partial charge in [0.05, 0.1) is 17.7 Å². The third-order valence-electron chi connectivity index (χ3n) is 4.56. The molecule has 1 aliphatic heterocycles. The minimum absolute atomic E-state index is 0.0543. The number of oxazole rings is 1. The molecular weight excluding hydrogens is 346 g/mol. The predicted molar refractivity (Wildman–Crippen MR) is 92.8 cm³/mol. The molecule has 9 heteroatoms. The number of amides is 1. The highest BCUT2D eigenvalue weighted by molar-refractivity contribution is 7.89. The number of rotatable bonds is 4. The summed E-state index contributed by atoms with van der Waals surface area (Å²) in [6.07, 6.45) is 0.204. The van der Waals surface area contributed by atoms with E-state index in [1.54, 1.807) is 37.1 Å². The van der Waals surface area contributed by atoms with E-state index in [0.29, 0.717) is 37.3 Å². The molecule has 1 aliphatic rings. The zero-order chi connectivity index (χ0) is 18.2. The Labute approximate surface area is 145 Å². The van der Waals surface area contributed by atoms with Crippen molar-refractivity contribution in [3.8, 4) is 0 Å². The van der Waals surface area contributed by atoms with Crippen LogP contribution in [0.5, 0.6) is 0 Å². The summed E-state index contributed by atoms with van der Waals surface area (Å²) in [7, 11) is -1.59. The molecule has 0 spiro atoms. The van der Waals surface area contributed by atoms with E-state index >= 15 is 0 Å². The minimum atomic E-state index is -3.20. The van der Waals surface area contributed by atoms with Gasteiger partial charge in [0, 0.05) is 33.2 Å². The Hall–Kier alpha value is -2.13. The first-order valence-electron chi connectivity index (χ1n) is 8.16. The van der Waals surface area contributed by atoms with Gasteiger partial charge in [-0.2, -0.15) is 4.31 Å². The quantitative estimate of drug-likeness (QED) is 0.768. The number of sulfonamides is 1. The van der Waals surface area contributed by atoms with Crippen LogP contribution in [0.4, 0.5) is 0 Å². The second-order valence-electron chi connectivity index (χ2n) is 6.09. The molecule has 0 unspecified atom stereocenters. The third-order valence-corrected chi connectivity index (χ3v) is 6.44. The molecule has 2 heterocycles. The monoisotopic (exact) mass is 367 g/mol. The van der Waals surface area contributed by atoms with Gasteiger partial charge in [-0.3, -0.25) is 9.36 Å². The lowest BCUT2D eigenvalue weighted by Crippen LogP contribution is -2.51. The Morgan fingerprint density at radius 2 is 1.88 bits per heavy atom. The highest BCUT2D eigenvalue weighted by Gasteiger charge is 2.27. The Morgan fingerprint density at radius 1 is 1.20 bits per heavy atom. The average molecular weight is 367 g/mol. The molecule has 1 fully saturated rings. The second kappa shape index (κ2) is 6.64. The van der Waals surface area contributed by atoms with E-state index in [-0.39, 0.29) is 18.1 Å². The van der Waals surface area contributed by atoms with Crippen LogP contribution >= 0.6 is 0 Å². The summed E-state index contributed by atoms with van der Waals surface area (Å²) in [4.78, 5) is 25.7. The zero-order valence-corrected chi connectivity index (χ0v) is 15.1. The van der Waals surface area contributed by atoms with Crippen LogP contribution in [0.15, 0.2) is 27.4 Å². The van der Waals surface area contributed by atoms with E-state index in [2.05, 4.69) is 0 Å². The maximum Gasteiger partial charge on any atom is 0.419 e. The highest BCUT2D eigenvalue weighted by atomic mass is 32.2. The van der Waals surface area contributed by atoms with Crippen LogP contribution in [0, 0.1) is 0 Å². The lowest BCUT2D eigenvalue weighted by Gasteiger charge is -2.33. The van der Waals surface area contributed by atoms with Crippen molar-refractivity contribution in [1.29, 1.82) is 0 Å². The van der Waals surface area contributed by atoms with E-state index in [1.807, 2.05) is 0 Å². The summed E-state index contributed by atoms with van der Waals surface area (Å²) < 4.78 is 31.6. The SMILES string of the molecule is CCS(=O)(=O)N1CCN(C(=O)Cc2ccc3oc(=O)n(C)c3c2)CC1. The molecule has 0 aliphatic carbocycles. The number of nitrogens with zero attached hydrogens (tertiary/aromatic N) is 3. The largest absolute Gasteiger partial charge is 0.419 e. The Kier molecular flexibility index (Phi) is 4.70. The summed E-state index contributed by atoms with van der Waals surface area (Å²) in [6.45, 7) is 3.07. The van der Waals surface area contributed by atoms with E-state index in [1.165, 1.54) is 8.87 Å². The molecule has 0 radical (unpaired) electrons. The van der Waals surface area contributed by atoms with Gasteiger partial charge in [-0.1, -0.05) is 6.07 Å². The lowest BCUT2D eigenvalue weighted by atomic mass is 10.1. The van der Waals surface area contributed by atoms with Crippen molar-refractivity contribution in [1.82, 2.24) is 13.8 Å². The van der Waals surface area contributed by atoms with Gasteiger partial charge in [0.1, 0.15) is 0 Å². The van der Waals surface area contributed by atoms with Crippen molar-refractivity contribution in [3.63, 3.8) is 0 Å². The topological polar surface area (TPSA) is 92.8 Å². The second-order valence-corrected chi connectivity index (χ2v) is 8.34. The predicted octanol–water partition coefficient (Wildman–Crippen LogP) is 0.168. The molecule has 1 amide bonds. The van der Waals surface area contributed by atoms with Gasteiger partial charge in [-0.25, -0.2) is 13.2 Å². The summed E-state index contributed by atoms with van der Waals surface area (Å²) in [5.41, 5.74) is 1.92. The van der Waals surface area contributed by atoms with Gasteiger partial charge in [0.25, 0.3) is 0 Å². The Morgan fingerprint density at radius 3 is 2.52 bits per heavy atom. The van der Waals surface area contributed by atoms with E-state index in [4.69, 9.17) is 4.42 Å². The van der Waals surface area contributed by atoms with Crippen LogP contribution in [-0.4, -0.2) is 60.0 Å². The van der Waals surface area contributed by atoms with Gasteiger partial charge in [-0.05, 0) is 24.6 Å². The Bertz CT molecular complexity index is 952. The number of carbonyl (C=O) groups excluding carboxylic acids is 1. The van der Waals surface area contributed by atoms with Crippen molar-refractivity contribution >= 4 is 27.0 Å². The van der Waals surface area contributed by atoms with Crippen molar-refractivity contribution in [2.45, 2.75) is 13.3 Å². The average Bonchev–Trinajstić information content (AvgIpc) is 2.89. The molecule has 0 saturated carbocycles. The van der Waals surface area contributed by atoms with Crippen LogP contribution in [0.25, 0.3) is 11.1 Å². The molecule has 8 nitrogen and oxygen atoms in total. The normalized spacial score (nSPS) is 16.5. The smallest absolute Gasteiger partial charge is 0.408 e. The van der Waals surface area contributed by atoms with Gasteiger partial charge in [0.2, 0.25) is 15.9 Å². The third kappa shape index (κ3) is 3.47. The highest BCUT2D eigenvalue weighted by Crippen LogP contribution is 2.16. The van der Waals surface area contributed by atoms with Crippen LogP contribution in [0.1, 0.15) is 12.5 Å². The number of piperazine rings is 1. The molecule has 25 heavy (non-hydrogen) atoms. The summed E-state index contributed by atoms with van der Waals surface area (Å²) in [6, 6.07) is 5.22. The molecular formula is C16H21N3O5S. The number of carbonyl (C=O) groups is 1. The van der Waals surface area contributed by atoms with Gasteiger partial charge in [-0.15, -0.1) is 0 Å². The van der Waals surface area contributed by atoms with Crippen molar-refractivity contribution in [2.75, 3.05) is 31.9 Å². The molecule has 1 saturated heterocycles. The summed E-state index contributed by atoms with van der Waals surface area (Å²) in [5.74, 6) is -0.419. The van der Waals surface area contributed by atoms with Gasteiger partial charge < -0.3 is 9.32 Å². The number of hydrogen-bond donors (Lipinski definition) is 0. The zero-order valence-electron chi connectivity index (χ0n) is 14.3. The number of aromatic nitrogens is 1. The van der Waals surface area contributed by atoms with Crippen molar-refractivity contribution < 1.29 is 17.6 Å². The lowest BCUT2D eigenvalue weighted by molar-refractivity contribution is -0.131. The molecule has 1 aromatic heterocycles. The van der Waals surface area contributed by atoms with Crippen LogP contribution in [0.2, 0.25) is 0 Å². The maximum atomic E-state index is 12.5. The molecule has 0 bridgehead atoms. The minimum Gasteiger partial charge on any atom is -0.408 e. The molecule has 0 N–H and O–H groups in total.